The molecule has 0 bridgehead atoms. The summed E-state index contributed by atoms with van der Waals surface area (Å²) in [6.07, 6.45) is 1.39. The Morgan fingerprint density at radius 3 is 3.13 bits per heavy atom. The van der Waals surface area contributed by atoms with Gasteiger partial charge in [-0.1, -0.05) is 17.8 Å². The third-order valence-electron chi connectivity index (χ3n) is 1.87. The van der Waals surface area contributed by atoms with Crippen LogP contribution >= 0.6 is 23.4 Å². The summed E-state index contributed by atoms with van der Waals surface area (Å²) in [5.41, 5.74) is 0.806. The van der Waals surface area contributed by atoms with Crippen LogP contribution < -0.4 is 0 Å². The highest BCUT2D eigenvalue weighted by Gasteiger charge is 2.08. The van der Waals surface area contributed by atoms with Crippen LogP contribution in [-0.2, 0) is 0 Å². The summed E-state index contributed by atoms with van der Waals surface area (Å²) in [4.78, 5) is 0. The molecule has 0 saturated carbocycles. The number of aromatic nitrogens is 3. The van der Waals surface area contributed by atoms with Crippen molar-refractivity contribution >= 4 is 29.0 Å². The van der Waals surface area contributed by atoms with Crippen LogP contribution in [0.2, 0.25) is 0 Å². The summed E-state index contributed by atoms with van der Waals surface area (Å²) in [6, 6.07) is 5.71. The molecule has 2 rings (SSSR count). The summed E-state index contributed by atoms with van der Waals surface area (Å²) in [5.74, 6) is 0.767. The molecule has 80 valence electrons. The van der Waals surface area contributed by atoms with Gasteiger partial charge in [-0.25, -0.2) is 0 Å². The minimum absolute atomic E-state index is 0.240. The Kier molecular flexibility index (Phi) is 3.45. The van der Waals surface area contributed by atoms with Crippen molar-refractivity contribution in [3.63, 3.8) is 0 Å². The van der Waals surface area contributed by atoms with Crippen molar-refractivity contribution in [2.24, 2.45) is 0 Å². The molecule has 0 aliphatic heterocycles. The highest BCUT2D eigenvalue weighted by molar-refractivity contribution is 7.99. The molecule has 2 aromatic heterocycles. The molecule has 1 N–H and O–H groups in total. The van der Waals surface area contributed by atoms with Crippen molar-refractivity contribution in [3.8, 4) is 0 Å². The van der Waals surface area contributed by atoms with Gasteiger partial charge in [0.25, 0.3) is 0 Å². The summed E-state index contributed by atoms with van der Waals surface area (Å²) in [6.45, 7) is 0. The average Bonchev–Trinajstić information content (AvgIpc) is 2.69. The molecular weight excluding hydrogens is 234 g/mol. The van der Waals surface area contributed by atoms with Gasteiger partial charge in [-0.2, -0.15) is 0 Å². The Morgan fingerprint density at radius 2 is 2.33 bits per heavy atom. The average molecular weight is 244 g/mol. The Labute approximate surface area is 96.3 Å². The molecule has 0 fully saturated rings. The monoisotopic (exact) mass is 243 g/mol. The molecule has 0 amide bonds. The van der Waals surface area contributed by atoms with Gasteiger partial charge in [0.1, 0.15) is 0 Å². The van der Waals surface area contributed by atoms with E-state index in [1.54, 1.807) is 0 Å². The predicted octanol–water partition coefficient (Wildman–Crippen LogP) is 1.42. The van der Waals surface area contributed by atoms with Gasteiger partial charge in [-0.3, -0.25) is 4.40 Å². The zero-order valence-electron chi connectivity index (χ0n) is 7.88. The van der Waals surface area contributed by atoms with E-state index in [9.17, 15) is 5.11 Å². The third-order valence-corrected chi connectivity index (χ3v) is 3.31. The molecule has 2 aromatic rings. The number of pyridine rings is 1. The number of rotatable bonds is 4. The summed E-state index contributed by atoms with van der Waals surface area (Å²) >= 11 is 6.95. The fraction of sp³-hybridized carbons (Fsp3) is 0.333. The van der Waals surface area contributed by atoms with Crippen LogP contribution in [0.5, 0.6) is 0 Å². The van der Waals surface area contributed by atoms with E-state index in [1.807, 2.05) is 28.8 Å². The maximum atomic E-state index is 9.32. The summed E-state index contributed by atoms with van der Waals surface area (Å²) in [7, 11) is 0. The molecule has 0 spiro atoms. The first kappa shape index (κ1) is 10.7. The number of fused-ring (bicyclic) bond motifs is 1. The SMILES string of the molecule is OC(CCl)CSc1nnc2ccccn12. The first-order valence-electron chi connectivity index (χ1n) is 4.48. The standard InChI is InChI=1S/C9H10ClN3OS/c10-5-7(14)6-15-9-12-11-8-3-1-2-4-13(8)9/h1-4,7,14H,5-6H2. The molecule has 0 aromatic carbocycles. The van der Waals surface area contributed by atoms with E-state index in [0.717, 1.165) is 10.8 Å². The van der Waals surface area contributed by atoms with Gasteiger partial charge in [0.15, 0.2) is 10.8 Å². The van der Waals surface area contributed by atoms with E-state index in [1.165, 1.54) is 11.8 Å². The lowest BCUT2D eigenvalue weighted by Gasteiger charge is -2.04. The predicted molar refractivity (Wildman–Crippen MR) is 60.4 cm³/mol. The minimum atomic E-state index is -0.507. The minimum Gasteiger partial charge on any atom is -0.391 e. The van der Waals surface area contributed by atoms with Crippen LogP contribution in [0.4, 0.5) is 0 Å². The van der Waals surface area contributed by atoms with Crippen molar-refractivity contribution in [1.29, 1.82) is 0 Å². The number of alkyl halides is 1. The highest BCUT2D eigenvalue weighted by atomic mass is 35.5. The largest absolute Gasteiger partial charge is 0.391 e. The van der Waals surface area contributed by atoms with Gasteiger partial charge in [0, 0.05) is 17.8 Å². The highest BCUT2D eigenvalue weighted by Crippen LogP contribution is 2.17. The number of aliphatic hydroxyl groups is 1. The second-order valence-electron chi connectivity index (χ2n) is 3.03. The van der Waals surface area contributed by atoms with Crippen molar-refractivity contribution in [2.75, 3.05) is 11.6 Å². The lowest BCUT2D eigenvalue weighted by atomic mass is 10.5. The molecule has 1 atom stereocenters. The smallest absolute Gasteiger partial charge is 0.195 e. The van der Waals surface area contributed by atoms with Crippen molar-refractivity contribution < 1.29 is 5.11 Å². The molecule has 0 aliphatic rings. The number of thioether (sulfide) groups is 1. The van der Waals surface area contributed by atoms with Crippen LogP contribution in [0.3, 0.4) is 0 Å². The fourth-order valence-electron chi connectivity index (χ4n) is 1.13. The van der Waals surface area contributed by atoms with Crippen molar-refractivity contribution in [3.05, 3.63) is 24.4 Å². The quantitative estimate of drug-likeness (QED) is 0.652. The molecule has 2 heterocycles. The Hall–Kier alpha value is -0.780. The molecular formula is C9H10ClN3OS. The molecule has 4 nitrogen and oxygen atoms in total. The van der Waals surface area contributed by atoms with E-state index in [-0.39, 0.29) is 5.88 Å². The summed E-state index contributed by atoms with van der Waals surface area (Å²) in [5, 5.41) is 18.1. The maximum Gasteiger partial charge on any atom is 0.195 e. The second kappa shape index (κ2) is 4.83. The van der Waals surface area contributed by atoms with E-state index in [2.05, 4.69) is 10.2 Å². The normalized spacial score (nSPS) is 13.2. The Morgan fingerprint density at radius 1 is 1.47 bits per heavy atom. The lowest BCUT2D eigenvalue weighted by Crippen LogP contribution is -2.11. The summed E-state index contributed by atoms with van der Waals surface area (Å²) < 4.78 is 1.88. The van der Waals surface area contributed by atoms with Gasteiger partial charge in [-0.15, -0.1) is 21.8 Å². The third kappa shape index (κ3) is 2.42. The zero-order valence-corrected chi connectivity index (χ0v) is 9.45. The van der Waals surface area contributed by atoms with E-state index in [0.29, 0.717) is 5.75 Å². The van der Waals surface area contributed by atoms with E-state index < -0.39 is 6.10 Å². The van der Waals surface area contributed by atoms with Gasteiger partial charge >= 0.3 is 0 Å². The Bertz CT molecular complexity index is 448. The Balaban J connectivity index is 2.14. The zero-order chi connectivity index (χ0) is 10.7. The van der Waals surface area contributed by atoms with Gasteiger partial charge in [0.05, 0.1) is 6.10 Å². The van der Waals surface area contributed by atoms with E-state index >= 15 is 0 Å². The van der Waals surface area contributed by atoms with Crippen molar-refractivity contribution in [2.45, 2.75) is 11.3 Å². The molecule has 6 heteroatoms. The lowest BCUT2D eigenvalue weighted by molar-refractivity contribution is 0.223. The van der Waals surface area contributed by atoms with Crippen molar-refractivity contribution in [1.82, 2.24) is 14.6 Å². The number of halogens is 1. The van der Waals surface area contributed by atoms with Crippen LogP contribution in [0.1, 0.15) is 0 Å². The van der Waals surface area contributed by atoms with Gasteiger partial charge in [0.2, 0.25) is 0 Å². The molecule has 0 aliphatic carbocycles. The number of hydrogen-bond acceptors (Lipinski definition) is 4. The first-order chi connectivity index (χ1) is 7.31. The number of aliphatic hydroxyl groups excluding tert-OH is 1. The number of nitrogens with zero attached hydrogens (tertiary/aromatic N) is 3. The molecule has 0 radical (unpaired) electrons. The van der Waals surface area contributed by atoms with Crippen LogP contribution in [-0.4, -0.2) is 37.4 Å². The second-order valence-corrected chi connectivity index (χ2v) is 4.33. The molecule has 1 unspecified atom stereocenters. The molecule has 15 heavy (non-hydrogen) atoms. The first-order valence-corrected chi connectivity index (χ1v) is 6.00. The van der Waals surface area contributed by atoms with Crippen LogP contribution in [0.25, 0.3) is 5.65 Å². The van der Waals surface area contributed by atoms with Crippen LogP contribution in [0.15, 0.2) is 29.6 Å². The van der Waals surface area contributed by atoms with E-state index in [4.69, 9.17) is 11.6 Å². The maximum absolute atomic E-state index is 9.32. The molecule has 0 saturated heterocycles. The van der Waals surface area contributed by atoms with Gasteiger partial charge < -0.3 is 5.11 Å². The topological polar surface area (TPSA) is 50.4 Å². The van der Waals surface area contributed by atoms with Gasteiger partial charge in [-0.05, 0) is 12.1 Å². The number of hydrogen-bond donors (Lipinski definition) is 1. The fourth-order valence-corrected chi connectivity index (χ4v) is 2.22. The van der Waals surface area contributed by atoms with Crippen LogP contribution in [0, 0.1) is 0 Å².